The Hall–Kier alpha value is -2.40. The van der Waals surface area contributed by atoms with Crippen molar-refractivity contribution in [2.45, 2.75) is 25.9 Å². The number of aliphatic hydroxyl groups is 1. The number of hydrogen-bond acceptors (Lipinski definition) is 4. The van der Waals surface area contributed by atoms with Gasteiger partial charge in [0.25, 0.3) is 0 Å². The molecule has 2 aromatic carbocycles. The van der Waals surface area contributed by atoms with E-state index in [9.17, 15) is 5.11 Å². The van der Waals surface area contributed by atoms with Gasteiger partial charge in [-0.15, -0.1) is 0 Å². The van der Waals surface area contributed by atoms with Gasteiger partial charge in [0.15, 0.2) is 0 Å². The summed E-state index contributed by atoms with van der Waals surface area (Å²) in [7, 11) is 0. The van der Waals surface area contributed by atoms with Crippen molar-refractivity contribution < 1.29 is 9.84 Å². The Labute approximate surface area is 183 Å². The summed E-state index contributed by atoms with van der Waals surface area (Å²) in [5, 5.41) is 10.3. The van der Waals surface area contributed by atoms with Crippen LogP contribution in [0.2, 0.25) is 5.02 Å². The van der Waals surface area contributed by atoms with Crippen LogP contribution in [0.3, 0.4) is 0 Å². The number of aliphatic hydroxyl groups excluding tert-OH is 1. The molecule has 1 aromatic heterocycles. The molecule has 0 atom stereocenters. The average Bonchev–Trinajstić information content (AvgIpc) is 2.77. The maximum atomic E-state index is 9.60. The number of pyridine rings is 1. The minimum absolute atomic E-state index is 0.133. The normalized spacial score (nSPS) is 15.3. The van der Waals surface area contributed by atoms with E-state index in [4.69, 9.17) is 16.3 Å². The molecule has 0 unspecified atom stereocenters. The average molecular weight is 423 g/mol. The number of nitrogens with zero attached hydrogens (tertiary/aromatic N) is 2. The molecule has 0 radical (unpaired) electrons. The van der Waals surface area contributed by atoms with Crippen molar-refractivity contribution >= 4 is 11.6 Å². The molecule has 3 aromatic rings. The molecule has 4 rings (SSSR count). The second-order valence-electron chi connectivity index (χ2n) is 7.84. The summed E-state index contributed by atoms with van der Waals surface area (Å²) >= 11 is 5.97. The van der Waals surface area contributed by atoms with E-state index in [2.05, 4.69) is 35.0 Å². The first-order valence-electron chi connectivity index (χ1n) is 10.4. The third-order valence-corrected chi connectivity index (χ3v) is 5.89. The topological polar surface area (TPSA) is 45.6 Å². The van der Waals surface area contributed by atoms with Gasteiger partial charge in [-0.2, -0.15) is 0 Å². The van der Waals surface area contributed by atoms with Gasteiger partial charge in [-0.05, 0) is 67.3 Å². The van der Waals surface area contributed by atoms with Crippen LogP contribution in [0, 0.1) is 6.92 Å². The van der Waals surface area contributed by atoms with Crippen molar-refractivity contribution in [1.29, 1.82) is 0 Å². The maximum Gasteiger partial charge on any atom is 0.122 e. The monoisotopic (exact) mass is 422 g/mol. The van der Waals surface area contributed by atoms with Crippen LogP contribution in [0.4, 0.5) is 0 Å². The molecule has 2 heterocycles. The SMILES string of the molecule is Cc1cc(-c2ccc(-c3ccc(Cl)cc3)cn2)ccc1OCCN1CCC(O)CC1. The number of aromatic nitrogens is 1. The van der Waals surface area contributed by atoms with Gasteiger partial charge in [0.05, 0.1) is 11.8 Å². The predicted octanol–water partition coefficient (Wildman–Crippen LogP) is 5.21. The first-order chi connectivity index (χ1) is 14.6. The fourth-order valence-corrected chi connectivity index (χ4v) is 3.90. The van der Waals surface area contributed by atoms with Crippen molar-refractivity contribution in [3.05, 3.63) is 71.4 Å². The molecule has 30 heavy (non-hydrogen) atoms. The number of piperidine rings is 1. The molecule has 0 amide bonds. The van der Waals surface area contributed by atoms with Crippen molar-refractivity contribution in [3.8, 4) is 28.1 Å². The van der Waals surface area contributed by atoms with Gasteiger partial charge in [0.2, 0.25) is 0 Å². The largest absolute Gasteiger partial charge is 0.492 e. The zero-order chi connectivity index (χ0) is 20.9. The lowest BCUT2D eigenvalue weighted by molar-refractivity contribution is 0.0754. The minimum Gasteiger partial charge on any atom is -0.492 e. The smallest absolute Gasteiger partial charge is 0.122 e. The van der Waals surface area contributed by atoms with Crippen LogP contribution >= 0.6 is 11.6 Å². The molecule has 1 aliphatic heterocycles. The first kappa shape index (κ1) is 20.9. The summed E-state index contributed by atoms with van der Waals surface area (Å²) in [5.74, 6) is 0.911. The number of hydrogen-bond donors (Lipinski definition) is 1. The number of ether oxygens (including phenoxy) is 1. The van der Waals surface area contributed by atoms with E-state index in [1.807, 2.05) is 42.6 Å². The molecule has 5 heteroatoms. The van der Waals surface area contributed by atoms with E-state index >= 15 is 0 Å². The Kier molecular flexibility index (Phi) is 6.68. The van der Waals surface area contributed by atoms with Gasteiger partial charge in [-0.25, -0.2) is 0 Å². The van der Waals surface area contributed by atoms with Crippen LogP contribution in [0.1, 0.15) is 18.4 Å². The number of aryl methyl sites for hydroxylation is 1. The molecule has 1 saturated heterocycles. The standard InChI is InChI=1S/C25H27ClN2O2/c1-18-16-20(5-9-25(18)30-15-14-28-12-10-23(29)11-13-28)24-8-4-21(17-27-24)19-2-6-22(26)7-3-19/h2-9,16-17,23,29H,10-15H2,1H3. The number of rotatable bonds is 6. The second kappa shape index (κ2) is 9.61. The second-order valence-corrected chi connectivity index (χ2v) is 8.28. The third kappa shape index (κ3) is 5.20. The van der Waals surface area contributed by atoms with Crippen molar-refractivity contribution in [3.63, 3.8) is 0 Å². The lowest BCUT2D eigenvalue weighted by Gasteiger charge is -2.29. The Bertz CT molecular complexity index is 965. The molecule has 0 saturated carbocycles. The number of benzene rings is 2. The van der Waals surface area contributed by atoms with Crippen LogP contribution in [0.15, 0.2) is 60.8 Å². The van der Waals surface area contributed by atoms with E-state index in [0.717, 1.165) is 71.2 Å². The Morgan fingerprint density at radius 2 is 1.70 bits per heavy atom. The van der Waals surface area contributed by atoms with E-state index in [-0.39, 0.29) is 6.10 Å². The van der Waals surface area contributed by atoms with Gasteiger partial charge < -0.3 is 9.84 Å². The maximum absolute atomic E-state index is 9.60. The molecule has 1 N–H and O–H groups in total. The summed E-state index contributed by atoms with van der Waals surface area (Å²) in [5.41, 5.74) is 5.28. The lowest BCUT2D eigenvalue weighted by atomic mass is 10.0. The lowest BCUT2D eigenvalue weighted by Crippen LogP contribution is -2.38. The highest BCUT2D eigenvalue weighted by atomic mass is 35.5. The Balaban J connectivity index is 1.37. The van der Waals surface area contributed by atoms with E-state index in [1.165, 1.54) is 0 Å². The third-order valence-electron chi connectivity index (χ3n) is 5.63. The van der Waals surface area contributed by atoms with E-state index in [0.29, 0.717) is 6.61 Å². The van der Waals surface area contributed by atoms with Gasteiger partial charge >= 0.3 is 0 Å². The van der Waals surface area contributed by atoms with Gasteiger partial charge in [0.1, 0.15) is 12.4 Å². The molecule has 0 aliphatic carbocycles. The molecule has 4 nitrogen and oxygen atoms in total. The fraction of sp³-hybridized carbons (Fsp3) is 0.320. The fourth-order valence-electron chi connectivity index (χ4n) is 3.78. The van der Waals surface area contributed by atoms with Crippen LogP contribution < -0.4 is 4.74 Å². The van der Waals surface area contributed by atoms with Crippen molar-refractivity contribution in [1.82, 2.24) is 9.88 Å². The van der Waals surface area contributed by atoms with Crippen molar-refractivity contribution in [2.24, 2.45) is 0 Å². The van der Waals surface area contributed by atoms with Crippen LogP contribution in [0.5, 0.6) is 5.75 Å². The summed E-state index contributed by atoms with van der Waals surface area (Å²) < 4.78 is 6.01. The zero-order valence-electron chi connectivity index (χ0n) is 17.2. The highest BCUT2D eigenvalue weighted by Gasteiger charge is 2.16. The zero-order valence-corrected chi connectivity index (χ0v) is 18.0. The first-order valence-corrected chi connectivity index (χ1v) is 10.8. The van der Waals surface area contributed by atoms with Gasteiger partial charge in [-0.3, -0.25) is 9.88 Å². The highest BCUT2D eigenvalue weighted by molar-refractivity contribution is 6.30. The van der Waals surface area contributed by atoms with Crippen LogP contribution in [-0.4, -0.2) is 47.3 Å². The Morgan fingerprint density at radius 1 is 1.00 bits per heavy atom. The van der Waals surface area contributed by atoms with E-state index < -0.39 is 0 Å². The predicted molar refractivity (Wildman–Crippen MR) is 122 cm³/mol. The quantitative estimate of drug-likeness (QED) is 0.592. The molecular weight excluding hydrogens is 396 g/mol. The molecule has 1 fully saturated rings. The number of likely N-dealkylation sites (tertiary alicyclic amines) is 1. The minimum atomic E-state index is -0.133. The molecule has 0 bridgehead atoms. The van der Waals surface area contributed by atoms with Crippen LogP contribution in [0.25, 0.3) is 22.4 Å². The van der Waals surface area contributed by atoms with Crippen LogP contribution in [-0.2, 0) is 0 Å². The summed E-state index contributed by atoms with van der Waals surface area (Å²) in [4.78, 5) is 7.00. The Morgan fingerprint density at radius 3 is 2.37 bits per heavy atom. The molecule has 156 valence electrons. The molecule has 0 spiro atoms. The number of halogens is 1. The molecular formula is C25H27ClN2O2. The molecule has 1 aliphatic rings. The van der Waals surface area contributed by atoms with Crippen molar-refractivity contribution in [2.75, 3.05) is 26.2 Å². The van der Waals surface area contributed by atoms with Gasteiger partial charge in [-0.1, -0.05) is 29.8 Å². The summed E-state index contributed by atoms with van der Waals surface area (Å²) in [6.45, 7) is 5.50. The van der Waals surface area contributed by atoms with E-state index in [1.54, 1.807) is 0 Å². The summed E-state index contributed by atoms with van der Waals surface area (Å²) in [6.07, 6.45) is 3.48. The van der Waals surface area contributed by atoms with Gasteiger partial charge in [0, 0.05) is 42.0 Å². The highest BCUT2D eigenvalue weighted by Crippen LogP contribution is 2.27. The summed E-state index contributed by atoms with van der Waals surface area (Å²) in [6, 6.07) is 18.1.